The molecule has 1 aliphatic heterocycles. The molecule has 1 atom stereocenters. The quantitative estimate of drug-likeness (QED) is 0.841. The molecule has 0 radical (unpaired) electrons. The first-order valence-corrected chi connectivity index (χ1v) is 10.1. The second-order valence-corrected chi connectivity index (χ2v) is 7.54. The molecule has 0 aromatic heterocycles. The molecule has 1 unspecified atom stereocenters. The van der Waals surface area contributed by atoms with E-state index in [1.54, 1.807) is 12.1 Å². The Morgan fingerprint density at radius 2 is 1.93 bits per heavy atom. The summed E-state index contributed by atoms with van der Waals surface area (Å²) in [5, 5.41) is 8.90. The first-order chi connectivity index (χ1) is 14.1. The number of aryl methyl sites for hydroxylation is 1. The smallest absolute Gasteiger partial charge is 0.243 e. The van der Waals surface area contributed by atoms with Crippen molar-refractivity contribution >= 4 is 17.5 Å². The second kappa shape index (κ2) is 8.55. The van der Waals surface area contributed by atoms with Gasteiger partial charge >= 0.3 is 0 Å². The molecule has 1 heterocycles. The summed E-state index contributed by atoms with van der Waals surface area (Å²) in [4.78, 5) is 24.9. The molecule has 6 heteroatoms. The molecule has 0 saturated heterocycles. The predicted octanol–water partition coefficient (Wildman–Crippen LogP) is 3.74. The highest BCUT2D eigenvalue weighted by Gasteiger charge is 2.24. The average Bonchev–Trinajstić information content (AvgIpc) is 3.23. The van der Waals surface area contributed by atoms with Crippen LogP contribution in [-0.2, 0) is 16.0 Å². The number of hydrazone groups is 1. The summed E-state index contributed by atoms with van der Waals surface area (Å²) in [5.74, 6) is -0.549. The topological polar surface area (TPSA) is 61.8 Å². The number of benzene rings is 2. The third kappa shape index (κ3) is 4.53. The van der Waals surface area contributed by atoms with Crippen LogP contribution in [0.5, 0.6) is 0 Å². The lowest BCUT2D eigenvalue weighted by molar-refractivity contribution is -0.133. The lowest BCUT2D eigenvalue weighted by atomic mass is 9.87. The van der Waals surface area contributed by atoms with E-state index in [1.807, 2.05) is 30.3 Å². The fourth-order valence-electron chi connectivity index (χ4n) is 4.02. The van der Waals surface area contributed by atoms with Crippen molar-refractivity contribution in [1.29, 1.82) is 0 Å². The summed E-state index contributed by atoms with van der Waals surface area (Å²) in [7, 11) is 0. The molecule has 0 saturated carbocycles. The lowest BCUT2D eigenvalue weighted by Gasteiger charge is -2.26. The number of carbonyl (C=O) groups is 2. The molecule has 2 aliphatic rings. The summed E-state index contributed by atoms with van der Waals surface area (Å²) in [6.45, 7) is 0.548. The number of hydrogen-bond donors (Lipinski definition) is 1. The van der Waals surface area contributed by atoms with Crippen molar-refractivity contribution in [2.24, 2.45) is 5.10 Å². The highest BCUT2D eigenvalue weighted by Crippen LogP contribution is 2.30. The van der Waals surface area contributed by atoms with E-state index in [0.717, 1.165) is 48.1 Å². The minimum atomic E-state index is -0.248. The van der Waals surface area contributed by atoms with E-state index < -0.39 is 0 Å². The molecule has 0 bridgehead atoms. The number of amides is 2. The molecule has 1 aliphatic carbocycles. The summed E-state index contributed by atoms with van der Waals surface area (Å²) in [5.41, 5.74) is 3.86. The summed E-state index contributed by atoms with van der Waals surface area (Å²) in [6.07, 6.45) is 3.53. The SMILES string of the molecule is O=C(CCC(=O)N1CCC(c2ccccc2)=N1)NC1CCCc2cc(F)ccc21. The van der Waals surface area contributed by atoms with Crippen LogP contribution in [0.1, 0.15) is 54.8 Å². The minimum absolute atomic E-state index is 0.114. The number of nitrogens with one attached hydrogen (secondary N) is 1. The lowest BCUT2D eigenvalue weighted by Crippen LogP contribution is -2.32. The van der Waals surface area contributed by atoms with Crippen molar-refractivity contribution in [3.05, 3.63) is 71.0 Å². The number of nitrogens with zero attached hydrogens (tertiary/aromatic N) is 2. The van der Waals surface area contributed by atoms with Gasteiger partial charge in [-0.2, -0.15) is 5.10 Å². The molecular formula is C23H24FN3O2. The Morgan fingerprint density at radius 1 is 1.10 bits per heavy atom. The maximum absolute atomic E-state index is 13.4. The highest BCUT2D eigenvalue weighted by atomic mass is 19.1. The van der Waals surface area contributed by atoms with Gasteiger partial charge in [0.2, 0.25) is 11.8 Å². The van der Waals surface area contributed by atoms with E-state index in [4.69, 9.17) is 0 Å². The Kier molecular flexibility index (Phi) is 5.69. The van der Waals surface area contributed by atoms with Gasteiger partial charge in [0.1, 0.15) is 5.82 Å². The molecule has 4 rings (SSSR count). The van der Waals surface area contributed by atoms with Gasteiger partial charge in [0.05, 0.1) is 18.3 Å². The molecule has 1 N–H and O–H groups in total. The zero-order valence-corrected chi connectivity index (χ0v) is 16.2. The fourth-order valence-corrected chi connectivity index (χ4v) is 4.02. The number of hydrogen-bond acceptors (Lipinski definition) is 3. The predicted molar refractivity (Wildman–Crippen MR) is 109 cm³/mol. The van der Waals surface area contributed by atoms with Crippen LogP contribution in [0.2, 0.25) is 0 Å². The molecule has 2 aromatic carbocycles. The number of halogens is 1. The van der Waals surface area contributed by atoms with Crippen LogP contribution in [0.15, 0.2) is 53.6 Å². The summed E-state index contributed by atoms with van der Waals surface area (Å²) < 4.78 is 13.4. The summed E-state index contributed by atoms with van der Waals surface area (Å²) >= 11 is 0. The van der Waals surface area contributed by atoms with Crippen LogP contribution < -0.4 is 5.32 Å². The monoisotopic (exact) mass is 393 g/mol. The van der Waals surface area contributed by atoms with E-state index in [-0.39, 0.29) is 36.5 Å². The number of fused-ring (bicyclic) bond motifs is 1. The van der Waals surface area contributed by atoms with E-state index in [2.05, 4.69) is 10.4 Å². The van der Waals surface area contributed by atoms with Crippen molar-refractivity contribution in [1.82, 2.24) is 10.3 Å². The standard InChI is InChI=1S/C23H24FN3O2/c24-18-9-10-19-17(15-18)7-4-8-21(19)25-22(28)11-12-23(29)27-14-13-20(26-27)16-5-2-1-3-6-16/h1-3,5-6,9-10,15,21H,4,7-8,11-14H2,(H,25,28). The Bertz CT molecular complexity index is 942. The van der Waals surface area contributed by atoms with Crippen molar-refractivity contribution in [3.63, 3.8) is 0 Å². The summed E-state index contributed by atoms with van der Waals surface area (Å²) in [6, 6.07) is 14.4. The van der Waals surface area contributed by atoms with Gasteiger partial charge in [-0.15, -0.1) is 0 Å². The zero-order valence-electron chi connectivity index (χ0n) is 16.2. The first-order valence-electron chi connectivity index (χ1n) is 10.1. The van der Waals surface area contributed by atoms with Gasteiger partial charge in [0.25, 0.3) is 0 Å². The Hall–Kier alpha value is -3.02. The maximum Gasteiger partial charge on any atom is 0.243 e. The average molecular weight is 393 g/mol. The van der Waals surface area contributed by atoms with Gasteiger partial charge in [-0.1, -0.05) is 36.4 Å². The van der Waals surface area contributed by atoms with E-state index in [0.29, 0.717) is 6.54 Å². The van der Waals surface area contributed by atoms with Crippen molar-refractivity contribution in [2.75, 3.05) is 6.54 Å². The van der Waals surface area contributed by atoms with E-state index >= 15 is 0 Å². The number of carbonyl (C=O) groups excluding carboxylic acids is 2. The van der Waals surface area contributed by atoms with Gasteiger partial charge in [0.15, 0.2) is 0 Å². The molecule has 150 valence electrons. The fraction of sp³-hybridized carbons (Fsp3) is 0.348. The van der Waals surface area contributed by atoms with Gasteiger partial charge in [-0.05, 0) is 48.1 Å². The van der Waals surface area contributed by atoms with E-state index in [1.165, 1.54) is 11.1 Å². The molecule has 2 amide bonds. The minimum Gasteiger partial charge on any atom is -0.349 e. The molecular weight excluding hydrogens is 369 g/mol. The Balaban J connectivity index is 1.31. The first kappa shape index (κ1) is 19.3. The molecule has 0 spiro atoms. The molecule has 5 nitrogen and oxygen atoms in total. The largest absolute Gasteiger partial charge is 0.349 e. The van der Waals surface area contributed by atoms with Crippen LogP contribution >= 0.6 is 0 Å². The Morgan fingerprint density at radius 3 is 2.76 bits per heavy atom. The van der Waals surface area contributed by atoms with Gasteiger partial charge in [-0.3, -0.25) is 9.59 Å². The van der Waals surface area contributed by atoms with Crippen molar-refractivity contribution in [3.8, 4) is 0 Å². The van der Waals surface area contributed by atoms with Gasteiger partial charge in [-0.25, -0.2) is 9.40 Å². The molecule has 2 aromatic rings. The highest BCUT2D eigenvalue weighted by molar-refractivity contribution is 6.02. The third-order valence-electron chi connectivity index (χ3n) is 5.52. The van der Waals surface area contributed by atoms with Crippen LogP contribution in [0.3, 0.4) is 0 Å². The normalized spacial score (nSPS) is 18.2. The molecule has 29 heavy (non-hydrogen) atoms. The van der Waals surface area contributed by atoms with Crippen LogP contribution in [0, 0.1) is 5.82 Å². The van der Waals surface area contributed by atoms with Gasteiger partial charge < -0.3 is 5.32 Å². The maximum atomic E-state index is 13.4. The zero-order chi connectivity index (χ0) is 20.2. The Labute approximate surface area is 169 Å². The second-order valence-electron chi connectivity index (χ2n) is 7.54. The van der Waals surface area contributed by atoms with Gasteiger partial charge in [0, 0.05) is 19.3 Å². The van der Waals surface area contributed by atoms with Crippen molar-refractivity contribution < 1.29 is 14.0 Å². The van der Waals surface area contributed by atoms with Crippen LogP contribution in [-0.4, -0.2) is 29.1 Å². The number of rotatable bonds is 5. The van der Waals surface area contributed by atoms with Crippen LogP contribution in [0.25, 0.3) is 0 Å². The molecule has 0 fully saturated rings. The van der Waals surface area contributed by atoms with E-state index in [9.17, 15) is 14.0 Å². The van der Waals surface area contributed by atoms with Crippen molar-refractivity contribution in [2.45, 2.75) is 44.6 Å². The van der Waals surface area contributed by atoms with Crippen LogP contribution in [0.4, 0.5) is 4.39 Å². The third-order valence-corrected chi connectivity index (χ3v) is 5.52.